The number of hydrogen-bond acceptors (Lipinski definition) is 4. The molecular formula is C20H31NO4. The van der Waals surface area contributed by atoms with Gasteiger partial charge in [-0.05, 0) is 45.6 Å². The van der Waals surface area contributed by atoms with E-state index in [0.717, 1.165) is 19.3 Å². The number of carbonyl (C=O) groups is 1. The van der Waals surface area contributed by atoms with Crippen LogP contribution in [0.2, 0.25) is 0 Å². The molecule has 25 heavy (non-hydrogen) atoms. The summed E-state index contributed by atoms with van der Waals surface area (Å²) < 4.78 is 17.0. The summed E-state index contributed by atoms with van der Waals surface area (Å²) in [7, 11) is 0. The van der Waals surface area contributed by atoms with Crippen molar-refractivity contribution in [1.82, 2.24) is 4.90 Å². The third kappa shape index (κ3) is 7.88. The summed E-state index contributed by atoms with van der Waals surface area (Å²) in [4.78, 5) is 13.8. The van der Waals surface area contributed by atoms with Crippen LogP contribution in [-0.2, 0) is 20.8 Å². The van der Waals surface area contributed by atoms with Crippen LogP contribution in [-0.4, -0.2) is 49.0 Å². The van der Waals surface area contributed by atoms with Gasteiger partial charge in [0.25, 0.3) is 0 Å². The molecule has 2 rings (SSSR count). The van der Waals surface area contributed by atoms with E-state index in [0.29, 0.717) is 32.9 Å². The summed E-state index contributed by atoms with van der Waals surface area (Å²) >= 11 is 0. The Kier molecular flexibility index (Phi) is 7.72. The quantitative estimate of drug-likeness (QED) is 0.698. The fourth-order valence-electron chi connectivity index (χ4n) is 2.71. The average molecular weight is 349 g/mol. The van der Waals surface area contributed by atoms with Crippen LogP contribution in [0, 0.1) is 0 Å². The molecule has 5 heteroatoms. The van der Waals surface area contributed by atoms with Crippen molar-refractivity contribution in [3.8, 4) is 0 Å². The van der Waals surface area contributed by atoms with Gasteiger partial charge < -0.3 is 19.1 Å². The third-order valence-corrected chi connectivity index (χ3v) is 3.99. The van der Waals surface area contributed by atoms with E-state index in [9.17, 15) is 4.79 Å². The summed E-state index contributed by atoms with van der Waals surface area (Å²) in [5.74, 6) is 0. The highest BCUT2D eigenvalue weighted by atomic mass is 16.6. The maximum absolute atomic E-state index is 12.0. The van der Waals surface area contributed by atoms with Gasteiger partial charge in [-0.15, -0.1) is 0 Å². The van der Waals surface area contributed by atoms with E-state index in [1.54, 1.807) is 4.90 Å². The highest BCUT2D eigenvalue weighted by Crippen LogP contribution is 2.17. The standard InChI is InChI=1S/C20H31NO4/c1-20(2,3)25-19(22)21-12-10-18(11-13-21)24-15-7-14-23-16-17-8-5-4-6-9-17/h4-6,8-9,18H,7,10-16H2,1-3H3. The molecule has 1 aliphatic rings. The minimum absolute atomic E-state index is 0.222. The van der Waals surface area contributed by atoms with Gasteiger partial charge in [-0.1, -0.05) is 30.3 Å². The molecule has 1 saturated heterocycles. The first-order valence-corrected chi connectivity index (χ1v) is 9.15. The smallest absolute Gasteiger partial charge is 0.410 e. The third-order valence-electron chi connectivity index (χ3n) is 3.99. The second-order valence-corrected chi connectivity index (χ2v) is 7.43. The van der Waals surface area contributed by atoms with Crippen molar-refractivity contribution in [2.45, 2.75) is 58.3 Å². The molecule has 0 saturated carbocycles. The van der Waals surface area contributed by atoms with Crippen molar-refractivity contribution in [1.29, 1.82) is 0 Å². The second kappa shape index (κ2) is 9.78. The lowest BCUT2D eigenvalue weighted by Gasteiger charge is -2.33. The van der Waals surface area contributed by atoms with Crippen molar-refractivity contribution in [3.05, 3.63) is 35.9 Å². The predicted molar refractivity (Wildman–Crippen MR) is 97.5 cm³/mol. The Morgan fingerprint density at radius 3 is 2.44 bits per heavy atom. The Labute approximate surface area is 151 Å². The summed E-state index contributed by atoms with van der Waals surface area (Å²) in [6.45, 7) is 9.11. The fraction of sp³-hybridized carbons (Fsp3) is 0.650. The summed E-state index contributed by atoms with van der Waals surface area (Å²) in [5, 5.41) is 0. The molecule has 0 aromatic heterocycles. The van der Waals surface area contributed by atoms with Crippen LogP contribution < -0.4 is 0 Å². The van der Waals surface area contributed by atoms with Crippen LogP contribution >= 0.6 is 0 Å². The largest absolute Gasteiger partial charge is 0.444 e. The van der Waals surface area contributed by atoms with E-state index in [4.69, 9.17) is 14.2 Å². The van der Waals surface area contributed by atoms with Crippen molar-refractivity contribution in [2.75, 3.05) is 26.3 Å². The first-order valence-electron chi connectivity index (χ1n) is 9.15. The van der Waals surface area contributed by atoms with Gasteiger partial charge in [-0.2, -0.15) is 0 Å². The van der Waals surface area contributed by atoms with Gasteiger partial charge in [-0.3, -0.25) is 0 Å². The van der Waals surface area contributed by atoms with Gasteiger partial charge in [0.1, 0.15) is 5.60 Å². The molecule has 5 nitrogen and oxygen atoms in total. The van der Waals surface area contributed by atoms with E-state index in [1.165, 1.54) is 5.56 Å². The SMILES string of the molecule is CC(C)(C)OC(=O)N1CCC(OCCCOCc2ccccc2)CC1. The molecule has 1 fully saturated rings. The topological polar surface area (TPSA) is 48.0 Å². The monoisotopic (exact) mass is 349 g/mol. The Balaban J connectivity index is 1.51. The number of benzene rings is 1. The molecular weight excluding hydrogens is 318 g/mol. The van der Waals surface area contributed by atoms with Crippen LogP contribution in [0.25, 0.3) is 0 Å². The summed E-state index contributed by atoms with van der Waals surface area (Å²) in [5.41, 5.74) is 0.752. The highest BCUT2D eigenvalue weighted by molar-refractivity contribution is 5.68. The summed E-state index contributed by atoms with van der Waals surface area (Å²) in [6, 6.07) is 10.2. The number of nitrogens with zero attached hydrogens (tertiary/aromatic N) is 1. The zero-order valence-electron chi connectivity index (χ0n) is 15.7. The number of likely N-dealkylation sites (tertiary alicyclic amines) is 1. The molecule has 0 spiro atoms. The van der Waals surface area contributed by atoms with E-state index in [2.05, 4.69) is 12.1 Å². The van der Waals surface area contributed by atoms with E-state index >= 15 is 0 Å². The van der Waals surface area contributed by atoms with Gasteiger partial charge in [0.05, 0.1) is 12.7 Å². The molecule has 0 unspecified atom stereocenters. The van der Waals surface area contributed by atoms with Crippen LogP contribution in [0.4, 0.5) is 4.79 Å². The zero-order chi connectivity index (χ0) is 18.1. The molecule has 1 aromatic carbocycles. The van der Waals surface area contributed by atoms with Crippen molar-refractivity contribution in [3.63, 3.8) is 0 Å². The average Bonchev–Trinajstić information content (AvgIpc) is 2.58. The van der Waals surface area contributed by atoms with Gasteiger partial charge in [0, 0.05) is 26.3 Å². The molecule has 0 bridgehead atoms. The second-order valence-electron chi connectivity index (χ2n) is 7.43. The number of carbonyl (C=O) groups excluding carboxylic acids is 1. The number of piperidine rings is 1. The molecule has 0 atom stereocenters. The molecule has 0 radical (unpaired) electrons. The van der Waals surface area contributed by atoms with Crippen LogP contribution in [0.5, 0.6) is 0 Å². The van der Waals surface area contributed by atoms with Gasteiger partial charge in [0.2, 0.25) is 0 Å². The lowest BCUT2D eigenvalue weighted by molar-refractivity contribution is -0.0169. The Morgan fingerprint density at radius 2 is 1.80 bits per heavy atom. The van der Waals surface area contributed by atoms with Crippen LogP contribution in [0.15, 0.2) is 30.3 Å². The molecule has 1 aliphatic heterocycles. The van der Waals surface area contributed by atoms with Crippen molar-refractivity contribution < 1.29 is 19.0 Å². The highest BCUT2D eigenvalue weighted by Gasteiger charge is 2.26. The van der Waals surface area contributed by atoms with E-state index < -0.39 is 5.60 Å². The molecule has 1 heterocycles. The molecule has 1 aromatic rings. The number of amides is 1. The van der Waals surface area contributed by atoms with E-state index in [1.807, 2.05) is 39.0 Å². The lowest BCUT2D eigenvalue weighted by atomic mass is 10.1. The van der Waals surface area contributed by atoms with Crippen LogP contribution in [0.3, 0.4) is 0 Å². The zero-order valence-corrected chi connectivity index (χ0v) is 15.7. The Hall–Kier alpha value is -1.59. The maximum atomic E-state index is 12.0. The van der Waals surface area contributed by atoms with E-state index in [-0.39, 0.29) is 12.2 Å². The van der Waals surface area contributed by atoms with Gasteiger partial charge >= 0.3 is 6.09 Å². The normalized spacial score (nSPS) is 16.0. The molecule has 1 amide bonds. The van der Waals surface area contributed by atoms with Gasteiger partial charge in [0.15, 0.2) is 0 Å². The maximum Gasteiger partial charge on any atom is 0.410 e. The van der Waals surface area contributed by atoms with Crippen LogP contribution in [0.1, 0.15) is 45.6 Å². The molecule has 0 N–H and O–H groups in total. The number of ether oxygens (including phenoxy) is 3. The van der Waals surface area contributed by atoms with Crippen molar-refractivity contribution >= 4 is 6.09 Å². The first kappa shape index (κ1) is 19.7. The molecule has 140 valence electrons. The number of rotatable bonds is 7. The Morgan fingerprint density at radius 1 is 1.12 bits per heavy atom. The fourth-order valence-corrected chi connectivity index (χ4v) is 2.71. The minimum Gasteiger partial charge on any atom is -0.444 e. The predicted octanol–water partition coefficient (Wildman–Crippen LogP) is 4.01. The molecule has 0 aliphatic carbocycles. The van der Waals surface area contributed by atoms with Gasteiger partial charge in [-0.25, -0.2) is 4.79 Å². The first-order chi connectivity index (χ1) is 11.9. The number of hydrogen-bond donors (Lipinski definition) is 0. The minimum atomic E-state index is -0.440. The Bertz CT molecular complexity index is 504. The van der Waals surface area contributed by atoms with Crippen molar-refractivity contribution in [2.24, 2.45) is 0 Å². The lowest BCUT2D eigenvalue weighted by Crippen LogP contribution is -2.43. The summed E-state index contributed by atoms with van der Waals surface area (Å²) in [6.07, 6.45) is 2.63.